The highest BCUT2D eigenvalue weighted by atomic mass is 16.7. The minimum Gasteiger partial charge on any atom is -0.496 e. The number of ether oxygens (including phenoxy) is 6. The minimum absolute atomic E-state index is 0.183. The van der Waals surface area contributed by atoms with Crippen molar-refractivity contribution in [3.05, 3.63) is 125 Å². The van der Waals surface area contributed by atoms with Crippen LogP contribution in [-0.2, 0) is 33.9 Å². The van der Waals surface area contributed by atoms with Crippen molar-refractivity contribution in [1.29, 1.82) is 0 Å². The summed E-state index contributed by atoms with van der Waals surface area (Å²) in [5.74, 6) is 1.85. The number of methoxy groups -OCH3 is 2. The largest absolute Gasteiger partial charge is 0.496 e. The van der Waals surface area contributed by atoms with Crippen LogP contribution in [0.4, 0.5) is 0 Å². The molecule has 5 aromatic rings. The molecule has 2 aliphatic heterocycles. The Bertz CT molecular complexity index is 1880. The average Bonchev–Trinajstić information content (AvgIpc) is 3.65. The number of benzene rings is 4. The monoisotopic (exact) mass is 694 g/mol. The van der Waals surface area contributed by atoms with Gasteiger partial charge in [-0.15, -0.1) is 5.10 Å². The van der Waals surface area contributed by atoms with Gasteiger partial charge in [0, 0.05) is 30.8 Å². The maximum Gasteiger partial charge on any atom is 0.184 e. The first kappa shape index (κ1) is 34.6. The summed E-state index contributed by atoms with van der Waals surface area (Å²) in [6, 6.07) is 29.7. The van der Waals surface area contributed by atoms with Crippen molar-refractivity contribution in [2.45, 2.75) is 63.6 Å². The molecule has 2 aliphatic rings. The van der Waals surface area contributed by atoms with Gasteiger partial charge in [-0.2, -0.15) is 0 Å². The van der Waals surface area contributed by atoms with E-state index in [2.05, 4.69) is 46.8 Å². The second-order valence-electron chi connectivity index (χ2n) is 12.6. The Hall–Kier alpha value is -4.82. The molecule has 4 aromatic carbocycles. The van der Waals surface area contributed by atoms with Gasteiger partial charge in [-0.1, -0.05) is 84.1 Å². The summed E-state index contributed by atoms with van der Waals surface area (Å²) in [5.41, 5.74) is 6.83. The van der Waals surface area contributed by atoms with Crippen molar-refractivity contribution in [3.8, 4) is 28.4 Å². The molecule has 0 amide bonds. The molecule has 1 aromatic heterocycles. The predicted molar refractivity (Wildman–Crippen MR) is 187 cm³/mol. The van der Waals surface area contributed by atoms with Crippen LogP contribution in [0, 0.1) is 6.92 Å². The lowest BCUT2D eigenvalue weighted by atomic mass is 9.97. The van der Waals surface area contributed by atoms with E-state index in [9.17, 15) is 10.2 Å². The molecule has 2 saturated heterocycles. The van der Waals surface area contributed by atoms with Gasteiger partial charge < -0.3 is 44.0 Å². The van der Waals surface area contributed by atoms with E-state index in [1.54, 1.807) is 20.4 Å². The number of rotatable bonds is 12. The number of aromatic nitrogens is 3. The highest BCUT2D eigenvalue weighted by Crippen LogP contribution is 2.38. The van der Waals surface area contributed by atoms with Crippen molar-refractivity contribution in [3.63, 3.8) is 0 Å². The molecular formula is C39H42N4O8. The number of aliphatic hydroxyl groups is 2. The molecule has 2 fully saturated rings. The van der Waals surface area contributed by atoms with Gasteiger partial charge in [0.15, 0.2) is 12.5 Å². The van der Waals surface area contributed by atoms with Crippen LogP contribution < -0.4 is 19.5 Å². The zero-order valence-corrected chi connectivity index (χ0v) is 28.7. The SMILES string of the molecule is COc1cc(OCc2cccc(-c3ccccc3)c2C)cc(OC)c1CNCc1cn([C@@H]2O[C@@H]3CO[C@@H](c4ccccc4)O[C@H]3[C@H](O)[C@H]2O)nn1. The summed E-state index contributed by atoms with van der Waals surface area (Å²) in [7, 11) is 3.22. The molecule has 0 spiro atoms. The fourth-order valence-corrected chi connectivity index (χ4v) is 6.57. The molecule has 6 atom stereocenters. The van der Waals surface area contributed by atoms with Gasteiger partial charge in [0.1, 0.15) is 48.3 Å². The van der Waals surface area contributed by atoms with E-state index >= 15 is 0 Å². The van der Waals surface area contributed by atoms with Gasteiger partial charge in [-0.05, 0) is 29.2 Å². The molecule has 0 aliphatic carbocycles. The van der Waals surface area contributed by atoms with Crippen LogP contribution in [0.15, 0.2) is 97.2 Å². The van der Waals surface area contributed by atoms with Crippen molar-refractivity contribution in [1.82, 2.24) is 20.3 Å². The second kappa shape index (κ2) is 15.6. The van der Waals surface area contributed by atoms with Crippen LogP contribution in [0.5, 0.6) is 17.2 Å². The summed E-state index contributed by atoms with van der Waals surface area (Å²) in [6.45, 7) is 3.44. The summed E-state index contributed by atoms with van der Waals surface area (Å²) >= 11 is 0. The normalized spacial score (nSPS) is 23.0. The zero-order chi connectivity index (χ0) is 35.3. The average molecular weight is 695 g/mol. The van der Waals surface area contributed by atoms with E-state index < -0.39 is 36.9 Å². The lowest BCUT2D eigenvalue weighted by molar-refractivity contribution is -0.340. The number of hydrogen-bond acceptors (Lipinski definition) is 11. The fraction of sp³-hybridized carbons (Fsp3) is 0.333. The van der Waals surface area contributed by atoms with Crippen LogP contribution >= 0.6 is 0 Å². The second-order valence-corrected chi connectivity index (χ2v) is 12.6. The lowest BCUT2D eigenvalue weighted by Crippen LogP contribution is -2.60. The van der Waals surface area contributed by atoms with Gasteiger partial charge in [-0.25, -0.2) is 4.68 Å². The predicted octanol–water partition coefficient (Wildman–Crippen LogP) is 4.87. The van der Waals surface area contributed by atoms with E-state index in [1.807, 2.05) is 66.7 Å². The third kappa shape index (κ3) is 7.47. The third-order valence-electron chi connectivity index (χ3n) is 9.36. The standard InChI is InChI=1S/C39H42N4O8/c1-24-27(15-10-16-30(24)25-11-6-4-7-12-25)22-48-29-17-32(46-2)31(33(18-29)47-3)20-40-19-28-21-43(42-41-28)38-36(45)35(44)37-34(50-38)23-49-39(51-37)26-13-8-5-9-14-26/h4-18,21,34-40,44-45H,19-20,22-23H2,1-3H3/t34-,35-,36-,37-,38-,39-/m1/s1. The molecule has 51 heavy (non-hydrogen) atoms. The molecule has 3 N–H and O–H groups in total. The highest BCUT2D eigenvalue weighted by molar-refractivity contribution is 5.68. The molecule has 3 heterocycles. The first-order valence-corrected chi connectivity index (χ1v) is 16.9. The van der Waals surface area contributed by atoms with Gasteiger partial charge in [-0.3, -0.25) is 0 Å². The first-order chi connectivity index (χ1) is 24.9. The molecule has 0 bridgehead atoms. The van der Waals surface area contributed by atoms with Gasteiger partial charge in [0.2, 0.25) is 0 Å². The number of aliphatic hydroxyl groups excluding tert-OH is 2. The number of hydrogen-bond donors (Lipinski definition) is 3. The molecular weight excluding hydrogens is 652 g/mol. The zero-order valence-electron chi connectivity index (χ0n) is 28.7. The topological polar surface area (TPSA) is 139 Å². The first-order valence-electron chi connectivity index (χ1n) is 16.9. The molecule has 12 heteroatoms. The van der Waals surface area contributed by atoms with E-state index in [1.165, 1.54) is 21.4 Å². The minimum atomic E-state index is -1.30. The van der Waals surface area contributed by atoms with Crippen molar-refractivity contribution < 1.29 is 38.6 Å². The van der Waals surface area contributed by atoms with Gasteiger partial charge >= 0.3 is 0 Å². The van der Waals surface area contributed by atoms with E-state index in [-0.39, 0.29) is 6.61 Å². The van der Waals surface area contributed by atoms with Crippen molar-refractivity contribution in [2.75, 3.05) is 20.8 Å². The van der Waals surface area contributed by atoms with Crippen LogP contribution in [-0.4, -0.2) is 70.4 Å². The Morgan fingerprint density at radius 3 is 2.31 bits per heavy atom. The van der Waals surface area contributed by atoms with Crippen LogP contribution in [0.25, 0.3) is 11.1 Å². The molecule has 0 radical (unpaired) electrons. The molecule has 12 nitrogen and oxygen atoms in total. The Kier molecular flexibility index (Phi) is 10.6. The van der Waals surface area contributed by atoms with Crippen LogP contribution in [0.3, 0.4) is 0 Å². The van der Waals surface area contributed by atoms with Crippen LogP contribution in [0.1, 0.15) is 40.5 Å². The summed E-state index contributed by atoms with van der Waals surface area (Å²) in [5, 5.41) is 33.8. The summed E-state index contributed by atoms with van der Waals surface area (Å²) < 4.78 is 37.1. The molecule has 0 saturated carbocycles. The molecule has 266 valence electrons. The Balaban J connectivity index is 0.965. The third-order valence-corrected chi connectivity index (χ3v) is 9.36. The number of nitrogens with one attached hydrogen (secondary N) is 1. The van der Waals surface area contributed by atoms with Crippen LogP contribution in [0.2, 0.25) is 0 Å². The van der Waals surface area contributed by atoms with E-state index in [0.29, 0.717) is 42.6 Å². The lowest BCUT2D eigenvalue weighted by Gasteiger charge is -2.46. The van der Waals surface area contributed by atoms with E-state index in [0.717, 1.165) is 16.7 Å². The van der Waals surface area contributed by atoms with Crippen molar-refractivity contribution in [2.24, 2.45) is 0 Å². The quantitative estimate of drug-likeness (QED) is 0.165. The Labute approximate surface area is 296 Å². The smallest absolute Gasteiger partial charge is 0.184 e. The fourth-order valence-electron chi connectivity index (χ4n) is 6.57. The number of fused-ring (bicyclic) bond motifs is 1. The van der Waals surface area contributed by atoms with Gasteiger partial charge in [0.05, 0.1) is 38.3 Å². The molecule has 0 unspecified atom stereocenters. The maximum absolute atomic E-state index is 11.0. The van der Waals surface area contributed by atoms with E-state index in [4.69, 9.17) is 28.4 Å². The highest BCUT2D eigenvalue weighted by Gasteiger charge is 2.49. The maximum atomic E-state index is 11.0. The molecule has 7 rings (SSSR count). The van der Waals surface area contributed by atoms with Crippen molar-refractivity contribution >= 4 is 0 Å². The summed E-state index contributed by atoms with van der Waals surface area (Å²) in [4.78, 5) is 0. The summed E-state index contributed by atoms with van der Waals surface area (Å²) in [6.07, 6.45) is -3.84. The number of nitrogens with zero attached hydrogens (tertiary/aromatic N) is 3. The van der Waals surface area contributed by atoms with Gasteiger partial charge in [0.25, 0.3) is 0 Å². The Morgan fingerprint density at radius 1 is 0.863 bits per heavy atom. The Morgan fingerprint density at radius 2 is 1.59 bits per heavy atom.